The van der Waals surface area contributed by atoms with Crippen molar-refractivity contribution in [3.8, 4) is 0 Å². The quantitative estimate of drug-likeness (QED) is 0.926. The first kappa shape index (κ1) is 14.1. The molecule has 1 fully saturated rings. The highest BCUT2D eigenvalue weighted by molar-refractivity contribution is 5.86. The zero-order valence-electron chi connectivity index (χ0n) is 11.6. The maximum Gasteiger partial charge on any atom is 0.391 e. The Morgan fingerprint density at radius 1 is 1.29 bits per heavy atom. The van der Waals surface area contributed by atoms with E-state index < -0.39 is 12.1 Å². The first-order valence-electron chi connectivity index (χ1n) is 6.91. The average Bonchev–Trinajstić information content (AvgIpc) is 2.81. The van der Waals surface area contributed by atoms with Crippen molar-refractivity contribution in [1.82, 2.24) is 19.7 Å². The van der Waals surface area contributed by atoms with E-state index in [9.17, 15) is 13.2 Å². The average molecular weight is 299 g/mol. The Morgan fingerprint density at radius 3 is 2.86 bits per heavy atom. The Kier molecular flexibility index (Phi) is 3.46. The second-order valence-electron chi connectivity index (χ2n) is 5.47. The number of nitrogens with one attached hydrogen (secondary N) is 1. The SMILES string of the molecule is Cn1ncc2c(N[C@H]3CCC[C@@H](C(F)(F)F)C3)ncnc21. The minimum absolute atomic E-state index is 0.0925. The van der Waals surface area contributed by atoms with Crippen molar-refractivity contribution < 1.29 is 13.2 Å². The van der Waals surface area contributed by atoms with Crippen molar-refractivity contribution in [1.29, 1.82) is 0 Å². The van der Waals surface area contributed by atoms with Crippen molar-refractivity contribution in [2.45, 2.75) is 37.9 Å². The van der Waals surface area contributed by atoms with Gasteiger partial charge in [0.25, 0.3) is 0 Å². The van der Waals surface area contributed by atoms with Crippen LogP contribution in [0.1, 0.15) is 25.7 Å². The molecule has 1 saturated carbocycles. The third-order valence-electron chi connectivity index (χ3n) is 4.01. The Morgan fingerprint density at radius 2 is 2.10 bits per heavy atom. The molecular formula is C13H16F3N5. The summed E-state index contributed by atoms with van der Waals surface area (Å²) < 4.78 is 40.1. The number of nitrogens with zero attached hydrogens (tertiary/aromatic N) is 4. The van der Waals surface area contributed by atoms with Crippen LogP contribution in [-0.2, 0) is 7.05 Å². The van der Waals surface area contributed by atoms with E-state index >= 15 is 0 Å². The summed E-state index contributed by atoms with van der Waals surface area (Å²) in [5, 5.41) is 7.96. The molecule has 5 nitrogen and oxygen atoms in total. The fraction of sp³-hybridized carbons (Fsp3) is 0.615. The van der Waals surface area contributed by atoms with E-state index in [4.69, 9.17) is 0 Å². The fourth-order valence-corrected chi connectivity index (χ4v) is 2.89. The standard InChI is InChI=1S/C13H16F3N5/c1-21-12-10(6-19-21)11(17-7-18-12)20-9-4-2-3-8(5-9)13(14,15)16/h6-9H,2-5H2,1H3,(H,17,18,20)/t8-,9+/m1/s1. The Balaban J connectivity index is 1.79. The maximum atomic E-state index is 12.8. The highest BCUT2D eigenvalue weighted by Gasteiger charge is 2.42. The maximum absolute atomic E-state index is 12.8. The topological polar surface area (TPSA) is 55.6 Å². The molecule has 2 heterocycles. The van der Waals surface area contributed by atoms with E-state index in [1.807, 2.05) is 0 Å². The van der Waals surface area contributed by atoms with E-state index in [1.54, 1.807) is 17.9 Å². The summed E-state index contributed by atoms with van der Waals surface area (Å²) in [5.41, 5.74) is 0.663. The molecular weight excluding hydrogens is 283 g/mol. The van der Waals surface area contributed by atoms with Crippen LogP contribution in [0.4, 0.5) is 19.0 Å². The van der Waals surface area contributed by atoms with E-state index in [0.717, 1.165) is 11.8 Å². The molecule has 0 aromatic carbocycles. The third-order valence-corrected chi connectivity index (χ3v) is 4.01. The molecule has 0 bridgehead atoms. The molecule has 0 aliphatic heterocycles. The molecule has 0 spiro atoms. The lowest BCUT2D eigenvalue weighted by atomic mass is 9.85. The molecule has 114 valence electrons. The number of anilines is 1. The summed E-state index contributed by atoms with van der Waals surface area (Å²) in [7, 11) is 1.76. The summed E-state index contributed by atoms with van der Waals surface area (Å²) in [6.45, 7) is 0. The van der Waals surface area contributed by atoms with Crippen molar-refractivity contribution >= 4 is 16.9 Å². The molecule has 1 aliphatic rings. The third kappa shape index (κ3) is 2.79. The lowest BCUT2D eigenvalue weighted by molar-refractivity contribution is -0.182. The molecule has 0 unspecified atom stereocenters. The molecule has 0 amide bonds. The predicted molar refractivity (Wildman–Crippen MR) is 71.7 cm³/mol. The van der Waals surface area contributed by atoms with E-state index in [1.165, 1.54) is 6.33 Å². The summed E-state index contributed by atoms with van der Waals surface area (Å²) in [6, 6.07) is -0.219. The molecule has 1 aliphatic carbocycles. The largest absolute Gasteiger partial charge is 0.391 e. The van der Waals surface area contributed by atoms with E-state index in [2.05, 4.69) is 20.4 Å². The first-order valence-corrected chi connectivity index (χ1v) is 6.91. The zero-order chi connectivity index (χ0) is 15.0. The monoisotopic (exact) mass is 299 g/mol. The van der Waals surface area contributed by atoms with E-state index in [0.29, 0.717) is 17.9 Å². The summed E-state index contributed by atoms with van der Waals surface area (Å²) in [4.78, 5) is 8.26. The minimum Gasteiger partial charge on any atom is -0.367 e. The normalized spacial score (nSPS) is 23.4. The number of aromatic nitrogens is 4. The number of aryl methyl sites for hydroxylation is 1. The lowest BCUT2D eigenvalue weighted by Crippen LogP contribution is -2.34. The minimum atomic E-state index is -4.12. The Hall–Kier alpha value is -1.86. The summed E-state index contributed by atoms with van der Waals surface area (Å²) in [6.07, 6.45) is 0.512. The van der Waals surface area contributed by atoms with Gasteiger partial charge in [-0.25, -0.2) is 9.97 Å². The molecule has 3 rings (SSSR count). The lowest BCUT2D eigenvalue weighted by Gasteiger charge is -2.31. The van der Waals surface area contributed by atoms with Gasteiger partial charge in [0.2, 0.25) is 0 Å². The molecule has 0 saturated heterocycles. The van der Waals surface area contributed by atoms with Crippen molar-refractivity contribution in [3.63, 3.8) is 0 Å². The van der Waals surface area contributed by atoms with Gasteiger partial charge in [-0.1, -0.05) is 6.42 Å². The van der Waals surface area contributed by atoms with Crippen LogP contribution in [0.25, 0.3) is 11.0 Å². The van der Waals surface area contributed by atoms with Crippen LogP contribution in [0.5, 0.6) is 0 Å². The number of hydrogen-bond donors (Lipinski definition) is 1. The van der Waals surface area contributed by atoms with Gasteiger partial charge in [-0.15, -0.1) is 0 Å². The molecule has 21 heavy (non-hydrogen) atoms. The summed E-state index contributed by atoms with van der Waals surface area (Å²) >= 11 is 0. The van der Waals surface area contributed by atoms with Crippen LogP contribution in [0, 0.1) is 5.92 Å². The Labute approximate surface area is 119 Å². The van der Waals surface area contributed by atoms with Gasteiger partial charge in [0.15, 0.2) is 5.65 Å². The van der Waals surface area contributed by atoms with Crippen molar-refractivity contribution in [2.24, 2.45) is 13.0 Å². The molecule has 1 N–H and O–H groups in total. The van der Waals surface area contributed by atoms with Gasteiger partial charge in [0.05, 0.1) is 17.5 Å². The number of alkyl halides is 3. The molecule has 2 aromatic heterocycles. The fourth-order valence-electron chi connectivity index (χ4n) is 2.89. The van der Waals surface area contributed by atoms with Gasteiger partial charge in [0.1, 0.15) is 12.1 Å². The van der Waals surface area contributed by atoms with Gasteiger partial charge in [0, 0.05) is 13.1 Å². The van der Waals surface area contributed by atoms with Crippen LogP contribution in [0.15, 0.2) is 12.5 Å². The van der Waals surface area contributed by atoms with Crippen LogP contribution >= 0.6 is 0 Å². The predicted octanol–water partition coefficient (Wildman–Crippen LogP) is 2.90. The number of fused-ring (bicyclic) bond motifs is 1. The van der Waals surface area contributed by atoms with Crippen LogP contribution < -0.4 is 5.32 Å². The second-order valence-corrected chi connectivity index (χ2v) is 5.47. The molecule has 2 atom stereocenters. The second kappa shape index (κ2) is 5.16. The van der Waals surface area contributed by atoms with Crippen LogP contribution in [0.2, 0.25) is 0 Å². The summed E-state index contributed by atoms with van der Waals surface area (Å²) in [5.74, 6) is -0.670. The van der Waals surface area contributed by atoms with Gasteiger partial charge in [-0.2, -0.15) is 18.3 Å². The van der Waals surface area contributed by atoms with Crippen LogP contribution in [-0.4, -0.2) is 32.0 Å². The van der Waals surface area contributed by atoms with Gasteiger partial charge >= 0.3 is 6.18 Å². The highest BCUT2D eigenvalue weighted by Crippen LogP contribution is 2.38. The Bertz CT molecular complexity index is 636. The highest BCUT2D eigenvalue weighted by atomic mass is 19.4. The number of halogens is 3. The van der Waals surface area contributed by atoms with Crippen molar-refractivity contribution in [3.05, 3.63) is 12.5 Å². The number of hydrogen-bond acceptors (Lipinski definition) is 4. The van der Waals surface area contributed by atoms with Crippen LogP contribution in [0.3, 0.4) is 0 Å². The van der Waals surface area contributed by atoms with Gasteiger partial charge in [-0.05, 0) is 19.3 Å². The van der Waals surface area contributed by atoms with E-state index in [-0.39, 0.29) is 18.9 Å². The zero-order valence-corrected chi connectivity index (χ0v) is 11.6. The van der Waals surface area contributed by atoms with Gasteiger partial charge in [-0.3, -0.25) is 4.68 Å². The smallest absolute Gasteiger partial charge is 0.367 e. The van der Waals surface area contributed by atoms with Crippen molar-refractivity contribution in [2.75, 3.05) is 5.32 Å². The number of rotatable bonds is 2. The molecule has 2 aromatic rings. The van der Waals surface area contributed by atoms with Gasteiger partial charge < -0.3 is 5.32 Å². The molecule has 0 radical (unpaired) electrons. The molecule has 8 heteroatoms. The first-order chi connectivity index (χ1) is 9.95.